The van der Waals surface area contributed by atoms with Gasteiger partial charge in [0.2, 0.25) is 0 Å². The second-order valence-electron chi connectivity index (χ2n) is 2.90. The first-order chi connectivity index (χ1) is 6.02. The van der Waals surface area contributed by atoms with Gasteiger partial charge in [-0.25, -0.2) is 4.98 Å². The summed E-state index contributed by atoms with van der Waals surface area (Å²) in [6.45, 7) is 1.63. The number of anilines is 1. The van der Waals surface area contributed by atoms with E-state index in [-0.39, 0.29) is 0 Å². The molecule has 0 amide bonds. The smallest absolute Gasteiger partial charge is 0.137 e. The Labute approximate surface area is 85.1 Å². The maximum Gasteiger partial charge on any atom is 0.137 e. The molecule has 5 N–H and O–H groups in total. The second kappa shape index (κ2) is 4.04. The number of nitrogens with zero attached hydrogens (tertiary/aromatic N) is 1. The minimum atomic E-state index is -0.600. The Balaban J connectivity index is 2.97. The van der Waals surface area contributed by atoms with Gasteiger partial charge in [-0.2, -0.15) is 0 Å². The van der Waals surface area contributed by atoms with Crippen LogP contribution in [-0.4, -0.2) is 16.2 Å². The van der Waals surface area contributed by atoms with E-state index in [9.17, 15) is 5.11 Å². The molecule has 1 aromatic rings. The van der Waals surface area contributed by atoms with E-state index in [2.05, 4.69) is 20.9 Å². The molecule has 1 aromatic heterocycles. The van der Waals surface area contributed by atoms with Gasteiger partial charge in [0.15, 0.2) is 0 Å². The van der Waals surface area contributed by atoms with Crippen LogP contribution >= 0.6 is 15.9 Å². The zero-order valence-electron chi connectivity index (χ0n) is 7.24. The second-order valence-corrected chi connectivity index (χ2v) is 3.76. The summed E-state index contributed by atoms with van der Waals surface area (Å²) < 4.78 is 0.695. The lowest BCUT2D eigenvalue weighted by Gasteiger charge is -2.14. The third-order valence-corrected chi connectivity index (χ3v) is 2.43. The van der Waals surface area contributed by atoms with E-state index in [1.165, 1.54) is 0 Å². The lowest BCUT2D eigenvalue weighted by molar-refractivity contribution is 0.164. The summed E-state index contributed by atoms with van der Waals surface area (Å²) in [5, 5.41) is 9.24. The molecule has 0 spiro atoms. The average molecular weight is 246 g/mol. The first-order valence-electron chi connectivity index (χ1n) is 3.87. The van der Waals surface area contributed by atoms with E-state index in [1.807, 2.05) is 0 Å². The van der Waals surface area contributed by atoms with Crippen molar-refractivity contribution in [2.45, 2.75) is 19.1 Å². The van der Waals surface area contributed by atoms with Gasteiger partial charge in [0, 0.05) is 6.20 Å². The van der Waals surface area contributed by atoms with Crippen LogP contribution in [0.3, 0.4) is 0 Å². The van der Waals surface area contributed by atoms with Crippen LogP contribution < -0.4 is 11.5 Å². The van der Waals surface area contributed by atoms with Crippen molar-refractivity contribution in [2.24, 2.45) is 5.73 Å². The van der Waals surface area contributed by atoms with Crippen LogP contribution in [0, 0.1) is 0 Å². The van der Waals surface area contributed by atoms with E-state index in [4.69, 9.17) is 11.5 Å². The van der Waals surface area contributed by atoms with Gasteiger partial charge in [-0.3, -0.25) is 0 Å². The fourth-order valence-electron chi connectivity index (χ4n) is 0.924. The van der Waals surface area contributed by atoms with Gasteiger partial charge in [0.05, 0.1) is 16.6 Å². The number of aromatic nitrogens is 1. The van der Waals surface area contributed by atoms with Gasteiger partial charge in [0.1, 0.15) is 5.82 Å². The molecule has 5 heteroatoms. The highest BCUT2D eigenvalue weighted by atomic mass is 79.9. The molecule has 0 saturated heterocycles. The Morgan fingerprint density at radius 2 is 2.23 bits per heavy atom. The van der Waals surface area contributed by atoms with E-state index in [0.717, 1.165) is 5.56 Å². The molecular weight excluding hydrogens is 234 g/mol. The number of halogens is 1. The van der Waals surface area contributed by atoms with Crippen molar-refractivity contribution in [3.8, 4) is 0 Å². The number of rotatable bonds is 2. The number of hydrogen-bond donors (Lipinski definition) is 3. The zero-order chi connectivity index (χ0) is 10.0. The summed E-state index contributed by atoms with van der Waals surface area (Å²) >= 11 is 3.24. The molecule has 4 nitrogen and oxygen atoms in total. The molecule has 0 unspecified atom stereocenters. The minimum Gasteiger partial charge on any atom is -0.391 e. The first-order valence-corrected chi connectivity index (χ1v) is 4.66. The molecule has 0 fully saturated rings. The lowest BCUT2D eigenvalue weighted by atomic mass is 10.1. The van der Waals surface area contributed by atoms with Crippen LogP contribution in [0.4, 0.5) is 5.82 Å². The summed E-state index contributed by atoms with van der Waals surface area (Å²) in [6, 6.07) is 1.34. The molecule has 1 rings (SSSR count). The lowest BCUT2D eigenvalue weighted by Crippen LogP contribution is -2.23. The maximum absolute atomic E-state index is 9.24. The Hall–Kier alpha value is -0.650. The average Bonchev–Trinajstić information content (AvgIpc) is 2.08. The van der Waals surface area contributed by atoms with Gasteiger partial charge in [-0.05, 0) is 34.5 Å². The topological polar surface area (TPSA) is 85.2 Å². The third-order valence-electron chi connectivity index (χ3n) is 1.80. The van der Waals surface area contributed by atoms with Gasteiger partial charge >= 0.3 is 0 Å². The molecule has 13 heavy (non-hydrogen) atoms. The van der Waals surface area contributed by atoms with Crippen molar-refractivity contribution in [2.75, 3.05) is 5.73 Å². The summed E-state index contributed by atoms with van der Waals surface area (Å²) in [5.41, 5.74) is 12.0. The SMILES string of the molecule is C[C@@H](O)[C@H](N)c1cnc(N)c(Br)c1. The molecule has 0 aliphatic carbocycles. The Kier molecular flexibility index (Phi) is 3.24. The molecule has 72 valence electrons. The number of nitrogen functional groups attached to an aromatic ring is 1. The van der Waals surface area contributed by atoms with E-state index in [0.29, 0.717) is 10.3 Å². The van der Waals surface area contributed by atoms with E-state index in [1.54, 1.807) is 19.2 Å². The van der Waals surface area contributed by atoms with Crippen molar-refractivity contribution in [3.63, 3.8) is 0 Å². The summed E-state index contributed by atoms with van der Waals surface area (Å²) in [6.07, 6.45) is 0.967. The van der Waals surface area contributed by atoms with Crippen molar-refractivity contribution in [3.05, 3.63) is 22.3 Å². The zero-order valence-corrected chi connectivity index (χ0v) is 8.82. The quantitative estimate of drug-likeness (QED) is 0.720. The van der Waals surface area contributed by atoms with E-state index >= 15 is 0 Å². The van der Waals surface area contributed by atoms with Crippen LogP contribution in [0.1, 0.15) is 18.5 Å². The highest BCUT2D eigenvalue weighted by Crippen LogP contribution is 2.21. The van der Waals surface area contributed by atoms with Crippen LogP contribution in [0.25, 0.3) is 0 Å². The minimum absolute atomic E-state index is 0.418. The Bertz CT molecular complexity index is 303. The van der Waals surface area contributed by atoms with Crippen LogP contribution in [0.2, 0.25) is 0 Å². The first kappa shape index (κ1) is 10.4. The number of nitrogens with two attached hydrogens (primary N) is 2. The fraction of sp³-hybridized carbons (Fsp3) is 0.375. The van der Waals surface area contributed by atoms with E-state index < -0.39 is 12.1 Å². The highest BCUT2D eigenvalue weighted by molar-refractivity contribution is 9.10. The van der Waals surface area contributed by atoms with Gasteiger partial charge in [-0.1, -0.05) is 0 Å². The standard InChI is InChI=1S/C8H12BrN3O/c1-4(13)7(10)5-2-6(9)8(11)12-3-5/h2-4,7,13H,10H2,1H3,(H2,11,12)/t4-,7+/m1/s1. The molecule has 2 atom stereocenters. The molecule has 0 aliphatic rings. The summed E-state index contributed by atoms with van der Waals surface area (Å²) in [7, 11) is 0. The largest absolute Gasteiger partial charge is 0.391 e. The highest BCUT2D eigenvalue weighted by Gasteiger charge is 2.13. The number of hydrogen-bond acceptors (Lipinski definition) is 4. The summed E-state index contributed by atoms with van der Waals surface area (Å²) in [5.74, 6) is 0.418. The van der Waals surface area contributed by atoms with Gasteiger partial charge in [0.25, 0.3) is 0 Å². The number of aliphatic hydroxyl groups is 1. The maximum atomic E-state index is 9.24. The Morgan fingerprint density at radius 3 is 2.69 bits per heavy atom. The van der Waals surface area contributed by atoms with Crippen LogP contribution in [0.5, 0.6) is 0 Å². The molecular formula is C8H12BrN3O. The normalized spacial score (nSPS) is 15.4. The molecule has 0 aromatic carbocycles. The van der Waals surface area contributed by atoms with Crippen molar-refractivity contribution < 1.29 is 5.11 Å². The number of pyridine rings is 1. The predicted molar refractivity (Wildman–Crippen MR) is 55.0 cm³/mol. The monoisotopic (exact) mass is 245 g/mol. The van der Waals surface area contributed by atoms with Crippen molar-refractivity contribution >= 4 is 21.7 Å². The van der Waals surface area contributed by atoms with Gasteiger partial charge < -0.3 is 16.6 Å². The number of aliphatic hydroxyl groups excluding tert-OH is 1. The van der Waals surface area contributed by atoms with Crippen molar-refractivity contribution in [1.82, 2.24) is 4.98 Å². The molecule has 0 saturated carbocycles. The molecule has 0 aliphatic heterocycles. The van der Waals surface area contributed by atoms with Crippen LogP contribution in [0.15, 0.2) is 16.7 Å². The third kappa shape index (κ3) is 2.40. The Morgan fingerprint density at radius 1 is 1.62 bits per heavy atom. The molecule has 0 bridgehead atoms. The molecule has 0 radical (unpaired) electrons. The predicted octanol–water partition coefficient (Wildman–Crippen LogP) is 0.807. The molecule has 1 heterocycles. The van der Waals surface area contributed by atoms with Crippen molar-refractivity contribution in [1.29, 1.82) is 0 Å². The van der Waals surface area contributed by atoms with Gasteiger partial charge in [-0.15, -0.1) is 0 Å². The van der Waals surface area contributed by atoms with Crippen LogP contribution in [-0.2, 0) is 0 Å². The summed E-state index contributed by atoms with van der Waals surface area (Å²) in [4.78, 5) is 3.92. The fourth-order valence-corrected chi connectivity index (χ4v) is 1.29.